The molecule has 68 valence electrons. The Morgan fingerprint density at radius 2 is 2.33 bits per heavy atom. The largest absolute Gasteiger partial charge is 0.291 e. The van der Waals surface area contributed by atoms with Crippen LogP contribution in [-0.4, -0.2) is 11.4 Å². The average molecular weight is 168 g/mol. The first-order valence-electron chi connectivity index (χ1n) is 4.79. The van der Waals surface area contributed by atoms with Gasteiger partial charge in [-0.1, -0.05) is 19.8 Å². The number of rotatable bonds is 0. The van der Waals surface area contributed by atoms with E-state index < -0.39 is 0 Å². The van der Waals surface area contributed by atoms with Crippen molar-refractivity contribution in [2.24, 2.45) is 5.92 Å². The molecule has 0 aromatic carbocycles. The summed E-state index contributed by atoms with van der Waals surface area (Å²) in [6.07, 6.45) is 5.65. The van der Waals surface area contributed by atoms with Crippen LogP contribution in [0.15, 0.2) is 0 Å². The van der Waals surface area contributed by atoms with E-state index in [2.05, 4.69) is 17.8 Å². The lowest BCUT2D eigenvalue weighted by molar-refractivity contribution is -0.119. The number of hydrazine groups is 1. The fraction of sp³-hybridized carbons (Fsp3) is 0.889. The van der Waals surface area contributed by atoms with E-state index in [0.29, 0.717) is 12.3 Å². The first-order chi connectivity index (χ1) is 5.73. The van der Waals surface area contributed by atoms with Gasteiger partial charge in [-0.3, -0.25) is 10.2 Å². The van der Waals surface area contributed by atoms with E-state index in [9.17, 15) is 4.79 Å². The van der Waals surface area contributed by atoms with Gasteiger partial charge in [-0.05, 0) is 18.8 Å². The Kier molecular flexibility index (Phi) is 1.83. The van der Waals surface area contributed by atoms with Gasteiger partial charge in [0.15, 0.2) is 0 Å². The van der Waals surface area contributed by atoms with Gasteiger partial charge in [0.25, 0.3) is 0 Å². The second kappa shape index (κ2) is 2.73. The zero-order valence-corrected chi connectivity index (χ0v) is 7.52. The molecule has 0 aromatic heterocycles. The summed E-state index contributed by atoms with van der Waals surface area (Å²) in [6.45, 7) is 2.24. The summed E-state index contributed by atoms with van der Waals surface area (Å²) in [5, 5.41) is 0. The van der Waals surface area contributed by atoms with Crippen LogP contribution in [0.2, 0.25) is 0 Å². The van der Waals surface area contributed by atoms with Gasteiger partial charge in [0.2, 0.25) is 5.91 Å². The zero-order valence-electron chi connectivity index (χ0n) is 7.52. The first-order valence-corrected chi connectivity index (χ1v) is 4.79. The molecule has 2 fully saturated rings. The Labute approximate surface area is 72.9 Å². The molecule has 3 nitrogen and oxygen atoms in total. The molecule has 1 aliphatic heterocycles. The molecular weight excluding hydrogens is 152 g/mol. The fourth-order valence-electron chi connectivity index (χ4n) is 2.43. The molecule has 0 bridgehead atoms. The van der Waals surface area contributed by atoms with E-state index >= 15 is 0 Å². The number of nitrogens with one attached hydrogen (secondary N) is 2. The predicted molar refractivity (Wildman–Crippen MR) is 46.3 cm³/mol. The lowest BCUT2D eigenvalue weighted by Gasteiger charge is -2.38. The lowest BCUT2D eigenvalue weighted by atomic mass is 9.73. The Balaban J connectivity index is 2.12. The Hall–Kier alpha value is -0.570. The van der Waals surface area contributed by atoms with Crippen LogP contribution >= 0.6 is 0 Å². The summed E-state index contributed by atoms with van der Waals surface area (Å²) in [5.74, 6) is 0.786. The van der Waals surface area contributed by atoms with Crippen molar-refractivity contribution in [2.75, 3.05) is 0 Å². The first kappa shape index (κ1) is 8.05. The maximum Gasteiger partial charge on any atom is 0.236 e. The highest BCUT2D eigenvalue weighted by Gasteiger charge is 2.43. The molecule has 1 spiro atoms. The number of hydrogen-bond donors (Lipinski definition) is 2. The van der Waals surface area contributed by atoms with Crippen molar-refractivity contribution in [2.45, 2.75) is 44.6 Å². The summed E-state index contributed by atoms with van der Waals surface area (Å²) in [7, 11) is 0. The maximum absolute atomic E-state index is 11.1. The molecule has 1 amide bonds. The van der Waals surface area contributed by atoms with Crippen LogP contribution in [-0.2, 0) is 4.79 Å². The van der Waals surface area contributed by atoms with E-state index in [1.54, 1.807) is 0 Å². The number of carbonyl (C=O) groups is 1. The van der Waals surface area contributed by atoms with Crippen molar-refractivity contribution in [1.82, 2.24) is 10.9 Å². The maximum atomic E-state index is 11.1. The minimum atomic E-state index is 0.0926. The quantitative estimate of drug-likeness (QED) is 0.565. The highest BCUT2D eigenvalue weighted by molar-refractivity contribution is 5.79. The zero-order chi connectivity index (χ0) is 8.60. The lowest BCUT2D eigenvalue weighted by Crippen LogP contribution is -2.50. The van der Waals surface area contributed by atoms with E-state index in [1.807, 2.05) is 0 Å². The van der Waals surface area contributed by atoms with E-state index in [4.69, 9.17) is 0 Å². The minimum absolute atomic E-state index is 0.0926. The second-order valence-corrected chi connectivity index (χ2v) is 4.15. The summed E-state index contributed by atoms with van der Waals surface area (Å²) < 4.78 is 0. The van der Waals surface area contributed by atoms with Crippen molar-refractivity contribution in [1.29, 1.82) is 0 Å². The van der Waals surface area contributed by atoms with Gasteiger partial charge in [0, 0.05) is 12.0 Å². The topological polar surface area (TPSA) is 41.1 Å². The molecule has 3 heteroatoms. The normalized spacial score (nSPS) is 41.8. The van der Waals surface area contributed by atoms with E-state index in [1.165, 1.54) is 19.3 Å². The van der Waals surface area contributed by atoms with Crippen molar-refractivity contribution in [3.63, 3.8) is 0 Å². The Morgan fingerprint density at radius 1 is 1.50 bits per heavy atom. The third-order valence-electron chi connectivity index (χ3n) is 3.38. The Bertz CT molecular complexity index is 205. The highest BCUT2D eigenvalue weighted by Crippen LogP contribution is 2.37. The number of carbonyl (C=O) groups excluding carboxylic acids is 1. The molecule has 2 N–H and O–H groups in total. The van der Waals surface area contributed by atoms with Crippen LogP contribution in [0.1, 0.15) is 39.0 Å². The molecule has 2 atom stereocenters. The van der Waals surface area contributed by atoms with Crippen LogP contribution in [0.5, 0.6) is 0 Å². The third kappa shape index (κ3) is 1.12. The molecule has 1 aliphatic carbocycles. The molecule has 1 saturated carbocycles. The summed E-state index contributed by atoms with van der Waals surface area (Å²) in [4.78, 5) is 11.1. The summed E-state index contributed by atoms with van der Waals surface area (Å²) in [5.41, 5.74) is 5.99. The molecule has 0 aromatic rings. The van der Waals surface area contributed by atoms with Crippen LogP contribution in [0.25, 0.3) is 0 Å². The average Bonchev–Trinajstić information content (AvgIpc) is 2.41. The molecule has 1 saturated heterocycles. The SMILES string of the molecule is C[C@H]1CCCC[C@]12CC(=O)NN2. The molecule has 1 heterocycles. The standard InChI is InChI=1S/C9H16N2O/c1-7-4-2-3-5-9(7)6-8(12)10-11-9/h7,11H,2-6H2,1H3,(H,10,12)/t7-,9-/m0/s1. The van der Waals surface area contributed by atoms with Crippen LogP contribution in [0, 0.1) is 5.92 Å². The van der Waals surface area contributed by atoms with Crippen molar-refractivity contribution in [3.8, 4) is 0 Å². The molecular formula is C9H16N2O. The van der Waals surface area contributed by atoms with Crippen LogP contribution in [0.4, 0.5) is 0 Å². The van der Waals surface area contributed by atoms with Gasteiger partial charge in [-0.25, -0.2) is 5.43 Å². The van der Waals surface area contributed by atoms with Gasteiger partial charge < -0.3 is 0 Å². The number of amides is 1. The van der Waals surface area contributed by atoms with E-state index in [-0.39, 0.29) is 11.4 Å². The second-order valence-electron chi connectivity index (χ2n) is 4.15. The number of hydrogen-bond acceptors (Lipinski definition) is 2. The molecule has 12 heavy (non-hydrogen) atoms. The Morgan fingerprint density at radius 3 is 2.92 bits per heavy atom. The van der Waals surface area contributed by atoms with Crippen LogP contribution < -0.4 is 10.9 Å². The van der Waals surface area contributed by atoms with Gasteiger partial charge in [0.1, 0.15) is 0 Å². The van der Waals surface area contributed by atoms with E-state index in [0.717, 1.165) is 6.42 Å². The van der Waals surface area contributed by atoms with Crippen molar-refractivity contribution >= 4 is 5.91 Å². The molecule has 2 rings (SSSR count). The van der Waals surface area contributed by atoms with Crippen LogP contribution in [0.3, 0.4) is 0 Å². The molecule has 2 aliphatic rings. The van der Waals surface area contributed by atoms with Gasteiger partial charge in [-0.2, -0.15) is 0 Å². The molecule has 0 unspecified atom stereocenters. The monoisotopic (exact) mass is 168 g/mol. The predicted octanol–water partition coefficient (Wildman–Crippen LogP) is 0.960. The van der Waals surface area contributed by atoms with Gasteiger partial charge in [-0.15, -0.1) is 0 Å². The summed E-state index contributed by atoms with van der Waals surface area (Å²) >= 11 is 0. The minimum Gasteiger partial charge on any atom is -0.291 e. The fourth-order valence-corrected chi connectivity index (χ4v) is 2.43. The highest BCUT2D eigenvalue weighted by atomic mass is 16.2. The smallest absolute Gasteiger partial charge is 0.236 e. The van der Waals surface area contributed by atoms with Gasteiger partial charge >= 0.3 is 0 Å². The third-order valence-corrected chi connectivity index (χ3v) is 3.38. The van der Waals surface area contributed by atoms with Gasteiger partial charge in [0.05, 0.1) is 0 Å². The molecule has 0 radical (unpaired) electrons. The van der Waals surface area contributed by atoms with Crippen molar-refractivity contribution < 1.29 is 4.79 Å². The van der Waals surface area contributed by atoms with Crippen molar-refractivity contribution in [3.05, 3.63) is 0 Å². The summed E-state index contributed by atoms with van der Waals surface area (Å²) in [6, 6.07) is 0.